The maximum absolute atomic E-state index is 14.3. The number of rotatable bonds is 6. The topological polar surface area (TPSA) is 149 Å². The zero-order valence-corrected chi connectivity index (χ0v) is 22.2. The number of hydrogen-bond donors (Lipinski definition) is 4. The fraction of sp³-hybridized carbons (Fsp3) is 0.500. The Bertz CT molecular complexity index is 1260. The summed E-state index contributed by atoms with van der Waals surface area (Å²) >= 11 is 0. The lowest BCUT2D eigenvalue weighted by Crippen LogP contribution is -2.68. The van der Waals surface area contributed by atoms with Crippen LogP contribution in [0.4, 0.5) is 0 Å². The van der Waals surface area contributed by atoms with Gasteiger partial charge in [-0.1, -0.05) is 24.3 Å². The quantitative estimate of drug-likeness (QED) is 0.238. The largest absolute Gasteiger partial charge is 0.508 e. The number of amides is 2. The molecular weight excluding hydrogens is 504 g/mol. The highest BCUT2D eigenvalue weighted by molar-refractivity contribution is 5.89. The molecule has 1 saturated carbocycles. The van der Waals surface area contributed by atoms with Crippen LogP contribution in [0, 0.1) is 11.8 Å². The number of fused-ring (bicyclic) bond motifs is 1. The maximum atomic E-state index is 14.3. The second kappa shape index (κ2) is 10.3. The van der Waals surface area contributed by atoms with Gasteiger partial charge in [0, 0.05) is 30.3 Å². The number of phenolic OH excluding ortho intramolecular Hbond substituents is 1. The van der Waals surface area contributed by atoms with Crippen LogP contribution in [0.5, 0.6) is 5.75 Å². The average molecular weight is 540 g/mol. The van der Waals surface area contributed by atoms with E-state index >= 15 is 0 Å². The average Bonchev–Trinajstić information content (AvgIpc) is 3.75. The monoisotopic (exact) mass is 539 g/mol. The van der Waals surface area contributed by atoms with E-state index in [4.69, 9.17) is 4.74 Å². The number of esters is 1. The van der Waals surface area contributed by atoms with Crippen molar-refractivity contribution in [3.05, 3.63) is 59.9 Å². The summed E-state index contributed by atoms with van der Waals surface area (Å²) in [7, 11) is 1.60. The van der Waals surface area contributed by atoms with E-state index in [1.807, 2.05) is 0 Å². The fourth-order valence-electron chi connectivity index (χ4n) is 5.83. The highest BCUT2D eigenvalue weighted by atomic mass is 16.6. The third-order valence-electron chi connectivity index (χ3n) is 8.53. The molecule has 1 aromatic heterocycles. The summed E-state index contributed by atoms with van der Waals surface area (Å²) in [6.07, 6.45) is 0.976. The number of aromatic nitrogens is 1. The number of phenols is 1. The molecule has 0 spiro atoms. The number of quaternary nitrogens is 1. The van der Waals surface area contributed by atoms with Crippen LogP contribution in [0.3, 0.4) is 0 Å². The molecule has 1 aliphatic carbocycles. The van der Waals surface area contributed by atoms with Gasteiger partial charge < -0.3 is 20.1 Å². The predicted octanol–water partition coefficient (Wildman–Crippen LogP) is 0.799. The van der Waals surface area contributed by atoms with Gasteiger partial charge in [-0.05, 0) is 44.4 Å². The molecule has 1 aromatic carbocycles. The zero-order valence-electron chi connectivity index (χ0n) is 22.2. The number of aromatic hydroxyl groups is 1. The molecule has 3 heterocycles. The molecule has 4 N–H and O–H groups in total. The second-order valence-corrected chi connectivity index (χ2v) is 11.0. The molecule has 2 saturated heterocycles. The van der Waals surface area contributed by atoms with Crippen molar-refractivity contribution in [1.82, 2.24) is 15.3 Å². The lowest BCUT2D eigenvalue weighted by molar-refractivity contribution is -0.954. The molecule has 11 nitrogen and oxygen atoms in total. The van der Waals surface area contributed by atoms with E-state index in [2.05, 4.69) is 10.3 Å². The van der Waals surface area contributed by atoms with Gasteiger partial charge in [-0.25, -0.2) is 4.79 Å². The van der Waals surface area contributed by atoms with E-state index in [1.165, 1.54) is 24.1 Å². The van der Waals surface area contributed by atoms with Crippen molar-refractivity contribution in [2.24, 2.45) is 11.8 Å². The van der Waals surface area contributed by atoms with Crippen molar-refractivity contribution >= 4 is 17.8 Å². The van der Waals surface area contributed by atoms with Gasteiger partial charge in [0.1, 0.15) is 30.1 Å². The van der Waals surface area contributed by atoms with Crippen LogP contribution in [-0.4, -0.2) is 85.1 Å². The zero-order chi connectivity index (χ0) is 28.1. The summed E-state index contributed by atoms with van der Waals surface area (Å²) in [6, 6.07) is 6.99. The third kappa shape index (κ3) is 4.69. The number of hydrogen-bond acceptors (Lipinski definition) is 9. The highest BCUT2D eigenvalue weighted by Crippen LogP contribution is 2.42. The number of nitrogens with zero attached hydrogens (tertiary/aromatic N) is 3. The van der Waals surface area contributed by atoms with E-state index in [0.29, 0.717) is 5.56 Å². The maximum Gasteiger partial charge on any atom is 0.379 e. The number of aliphatic hydroxyl groups excluding tert-OH is 2. The highest BCUT2D eigenvalue weighted by Gasteiger charge is 2.66. The number of carbonyl (C=O) groups excluding carboxylic acids is 3. The Morgan fingerprint density at radius 3 is 2.51 bits per heavy atom. The Morgan fingerprint density at radius 2 is 1.87 bits per heavy atom. The van der Waals surface area contributed by atoms with Crippen LogP contribution in [0.2, 0.25) is 0 Å². The van der Waals surface area contributed by atoms with Crippen LogP contribution >= 0.6 is 0 Å². The third-order valence-corrected chi connectivity index (χ3v) is 8.53. The van der Waals surface area contributed by atoms with Crippen molar-refractivity contribution in [3.63, 3.8) is 0 Å². The van der Waals surface area contributed by atoms with Gasteiger partial charge in [-0.2, -0.15) is 9.60 Å². The number of carbonyl (C=O) groups is 3. The van der Waals surface area contributed by atoms with Gasteiger partial charge in [0.15, 0.2) is 0 Å². The summed E-state index contributed by atoms with van der Waals surface area (Å²) < 4.78 is 5.18. The first-order valence-electron chi connectivity index (χ1n) is 13.3. The minimum absolute atomic E-state index is 0.134. The van der Waals surface area contributed by atoms with E-state index in [0.717, 1.165) is 12.8 Å². The summed E-state index contributed by atoms with van der Waals surface area (Å²) in [4.78, 5) is 45.7. The van der Waals surface area contributed by atoms with Crippen molar-refractivity contribution < 1.29 is 39.0 Å². The predicted molar refractivity (Wildman–Crippen MR) is 137 cm³/mol. The minimum atomic E-state index is -1.41. The van der Waals surface area contributed by atoms with Gasteiger partial charge in [0.2, 0.25) is 6.10 Å². The molecule has 2 aromatic rings. The Morgan fingerprint density at radius 1 is 1.15 bits per heavy atom. The first-order chi connectivity index (χ1) is 18.6. The van der Waals surface area contributed by atoms with Gasteiger partial charge in [-0.15, -0.1) is 0 Å². The molecule has 39 heavy (non-hydrogen) atoms. The Hall–Kier alpha value is -3.38. The van der Waals surface area contributed by atoms with Crippen LogP contribution in [0.1, 0.15) is 44.0 Å². The van der Waals surface area contributed by atoms with Gasteiger partial charge in [-0.3, -0.25) is 19.9 Å². The SMILES string of the molecule is CC1C(=O)OC(C2CC2)C(=O)[N+]2(C)C(C)C(NC(O)c3ccccc3O)C(=O)N2C(Cc2cccnc2)C1O. The number of cyclic esters (lactones) is 1. The molecular formula is C28H35N4O7+. The Balaban J connectivity index is 1.59. The Labute approximate surface area is 226 Å². The second-order valence-electron chi connectivity index (χ2n) is 11.0. The molecule has 11 heteroatoms. The number of ether oxygens (including phenoxy) is 1. The number of aliphatic hydroxyl groups is 2. The molecule has 0 bridgehead atoms. The molecule has 3 aliphatic rings. The number of para-hydroxylation sites is 1. The molecule has 2 aliphatic heterocycles. The van der Waals surface area contributed by atoms with Crippen molar-refractivity contribution in [3.8, 4) is 5.75 Å². The van der Waals surface area contributed by atoms with E-state index in [-0.39, 0.29) is 23.7 Å². The number of nitrogens with one attached hydrogen (secondary N) is 1. The normalized spacial score (nSPS) is 34.1. The smallest absolute Gasteiger partial charge is 0.379 e. The lowest BCUT2D eigenvalue weighted by atomic mass is 9.92. The molecule has 3 fully saturated rings. The molecule has 208 valence electrons. The standard InChI is InChI=1S/C28H34N4O7/c1-15-23(34)20(13-17-7-6-12-29-14-17)31-26(36)22(30-25(35)19-8-4-5-9-21(19)33)16(2)32(31,3)27(37)24(18-10-11-18)39-28(15)38/h4-9,12,14-16,18,20,22-25,30,34-35H,10-11,13H2,1-3H3/p+1. The Kier molecular flexibility index (Phi) is 7.19. The van der Waals surface area contributed by atoms with Gasteiger partial charge in [0.05, 0.1) is 19.1 Å². The fourth-order valence-corrected chi connectivity index (χ4v) is 5.83. The van der Waals surface area contributed by atoms with E-state index in [1.54, 1.807) is 50.6 Å². The van der Waals surface area contributed by atoms with Crippen LogP contribution in [-0.2, 0) is 25.5 Å². The minimum Gasteiger partial charge on any atom is -0.508 e. The molecule has 0 radical (unpaired) electrons. The van der Waals surface area contributed by atoms with Crippen molar-refractivity contribution in [1.29, 1.82) is 0 Å². The van der Waals surface area contributed by atoms with Gasteiger partial charge in [0.25, 0.3) is 5.91 Å². The van der Waals surface area contributed by atoms with Crippen molar-refractivity contribution in [2.45, 2.75) is 69.7 Å². The molecule has 8 atom stereocenters. The summed E-state index contributed by atoms with van der Waals surface area (Å²) in [5.74, 6) is -2.95. The number of likely N-dealkylation sites (N-methyl/N-ethyl adjacent to an activating group) is 1. The summed E-state index contributed by atoms with van der Waals surface area (Å²) in [5.41, 5.74) is 0.896. The van der Waals surface area contributed by atoms with E-state index < -0.39 is 64.9 Å². The van der Waals surface area contributed by atoms with Crippen LogP contribution in [0.15, 0.2) is 48.8 Å². The van der Waals surface area contributed by atoms with Crippen LogP contribution < -0.4 is 5.32 Å². The van der Waals surface area contributed by atoms with Crippen molar-refractivity contribution in [2.75, 3.05) is 7.05 Å². The first-order valence-corrected chi connectivity index (χ1v) is 13.3. The molecule has 5 rings (SSSR count). The lowest BCUT2D eigenvalue weighted by Gasteiger charge is -2.43. The molecule has 8 unspecified atom stereocenters. The first kappa shape index (κ1) is 27.2. The molecule has 2 amide bonds. The summed E-state index contributed by atoms with van der Waals surface area (Å²) in [5, 5.41) is 37.0. The summed E-state index contributed by atoms with van der Waals surface area (Å²) in [6.45, 7) is 3.25. The van der Waals surface area contributed by atoms with Crippen LogP contribution in [0.25, 0.3) is 0 Å². The van der Waals surface area contributed by atoms with E-state index in [9.17, 15) is 29.7 Å². The number of benzene rings is 1. The number of pyridine rings is 1. The van der Waals surface area contributed by atoms with Gasteiger partial charge >= 0.3 is 11.9 Å².